The predicted molar refractivity (Wildman–Crippen MR) is 125 cm³/mol. The van der Waals surface area contributed by atoms with Gasteiger partial charge in [0.25, 0.3) is 5.56 Å². The Labute approximate surface area is 182 Å². The highest BCUT2D eigenvalue weighted by Gasteiger charge is 2.22. The molecule has 0 spiro atoms. The minimum atomic E-state index is -0.573. The van der Waals surface area contributed by atoms with Gasteiger partial charge in [-0.05, 0) is 34.5 Å². The average molecular weight is 426 g/mol. The number of H-pyrrole nitrogens is 1. The third-order valence-corrected chi connectivity index (χ3v) is 5.34. The summed E-state index contributed by atoms with van der Waals surface area (Å²) in [6.07, 6.45) is 1.31. The Morgan fingerprint density at radius 1 is 1.22 bits per heavy atom. The number of nitrogens with one attached hydrogen (secondary N) is 1. The summed E-state index contributed by atoms with van der Waals surface area (Å²) >= 11 is 0. The van der Waals surface area contributed by atoms with E-state index in [1.165, 1.54) is 19.3 Å². The highest BCUT2D eigenvalue weighted by Crippen LogP contribution is 2.36. The largest absolute Gasteiger partial charge is 0.404 e. The number of benzene rings is 3. The molecule has 0 aliphatic carbocycles. The number of hydrogen-bond acceptors (Lipinski definition) is 5. The second kappa shape index (κ2) is 8.41. The van der Waals surface area contributed by atoms with Gasteiger partial charge in [-0.3, -0.25) is 9.79 Å². The minimum absolute atomic E-state index is 0.0704. The van der Waals surface area contributed by atoms with Gasteiger partial charge in [-0.25, -0.2) is 14.3 Å². The fourth-order valence-electron chi connectivity index (χ4n) is 3.86. The monoisotopic (exact) mass is 426 g/mol. The van der Waals surface area contributed by atoms with Crippen LogP contribution in [-0.2, 0) is 6.54 Å². The molecule has 0 fully saturated rings. The Morgan fingerprint density at radius 2 is 2.00 bits per heavy atom. The van der Waals surface area contributed by atoms with Crippen LogP contribution in [0, 0.1) is 12.4 Å². The molecule has 0 unspecified atom stereocenters. The molecule has 0 aliphatic heterocycles. The molecule has 0 atom stereocenters. The third kappa shape index (κ3) is 3.31. The molecule has 32 heavy (non-hydrogen) atoms. The summed E-state index contributed by atoms with van der Waals surface area (Å²) in [6, 6.07) is 13.5. The Bertz CT molecular complexity index is 1530. The SMILES string of the molecule is [C-]#[N+]c1c(C(=NC)/C(=C\N)c2ccc3c(=O)[nH]nc(CN)c3c2)c(F)cc2ccccc12. The van der Waals surface area contributed by atoms with Crippen molar-refractivity contribution in [3.63, 3.8) is 0 Å². The molecule has 4 aromatic rings. The number of nitrogens with two attached hydrogens (primary N) is 2. The van der Waals surface area contributed by atoms with E-state index in [2.05, 4.69) is 20.0 Å². The maximum atomic E-state index is 15.3. The van der Waals surface area contributed by atoms with Crippen molar-refractivity contribution in [2.24, 2.45) is 16.5 Å². The van der Waals surface area contributed by atoms with Gasteiger partial charge in [0.15, 0.2) is 0 Å². The van der Waals surface area contributed by atoms with Crippen molar-refractivity contribution in [3.05, 3.63) is 99.1 Å². The van der Waals surface area contributed by atoms with E-state index in [-0.39, 0.29) is 29.1 Å². The van der Waals surface area contributed by atoms with Crippen molar-refractivity contribution < 1.29 is 4.39 Å². The molecule has 0 saturated heterocycles. The van der Waals surface area contributed by atoms with Gasteiger partial charge in [0, 0.05) is 36.3 Å². The normalized spacial score (nSPS) is 12.3. The van der Waals surface area contributed by atoms with Crippen LogP contribution >= 0.6 is 0 Å². The highest BCUT2D eigenvalue weighted by molar-refractivity contribution is 6.35. The lowest BCUT2D eigenvalue weighted by atomic mass is 9.91. The van der Waals surface area contributed by atoms with Gasteiger partial charge >= 0.3 is 0 Å². The second-order valence-electron chi connectivity index (χ2n) is 7.03. The third-order valence-electron chi connectivity index (χ3n) is 5.34. The summed E-state index contributed by atoms with van der Waals surface area (Å²) in [4.78, 5) is 20.1. The topological polar surface area (TPSA) is 115 Å². The van der Waals surface area contributed by atoms with Crippen LogP contribution in [0.1, 0.15) is 16.8 Å². The van der Waals surface area contributed by atoms with Gasteiger partial charge in [-0.15, -0.1) is 0 Å². The second-order valence-corrected chi connectivity index (χ2v) is 7.03. The molecule has 0 aliphatic rings. The molecule has 158 valence electrons. The Hall–Kier alpha value is -4.35. The van der Waals surface area contributed by atoms with Crippen molar-refractivity contribution in [2.75, 3.05) is 7.05 Å². The van der Waals surface area contributed by atoms with E-state index in [0.29, 0.717) is 38.4 Å². The van der Waals surface area contributed by atoms with Gasteiger partial charge in [0.2, 0.25) is 5.69 Å². The lowest BCUT2D eigenvalue weighted by Gasteiger charge is -2.16. The molecule has 7 nitrogen and oxygen atoms in total. The first kappa shape index (κ1) is 20.9. The smallest absolute Gasteiger partial charge is 0.272 e. The van der Waals surface area contributed by atoms with Crippen LogP contribution in [-0.4, -0.2) is 23.0 Å². The van der Waals surface area contributed by atoms with E-state index in [1.807, 2.05) is 0 Å². The van der Waals surface area contributed by atoms with E-state index >= 15 is 4.39 Å². The van der Waals surface area contributed by atoms with Gasteiger partial charge < -0.3 is 11.5 Å². The zero-order valence-corrected chi connectivity index (χ0v) is 17.2. The van der Waals surface area contributed by atoms with Gasteiger partial charge in [0.05, 0.1) is 23.4 Å². The summed E-state index contributed by atoms with van der Waals surface area (Å²) in [5.41, 5.74) is 13.4. The summed E-state index contributed by atoms with van der Waals surface area (Å²) in [5, 5.41) is 8.66. The lowest BCUT2D eigenvalue weighted by Crippen LogP contribution is -2.14. The maximum absolute atomic E-state index is 15.3. The number of nitrogens with zero attached hydrogens (tertiary/aromatic N) is 3. The standard InChI is InChI=1S/C24H19FN6O/c1-28-22-15-6-4-3-5-13(15)10-19(25)21(22)23(29-2)18(11-26)14-7-8-16-17(9-14)20(12-27)30-31-24(16)32/h3-11H,12,26-27H2,2H3,(H,31,32)/b18-11-,29-23?. The van der Waals surface area contributed by atoms with E-state index in [0.717, 1.165) is 0 Å². The molecule has 5 N–H and O–H groups in total. The molecule has 1 aromatic heterocycles. The Morgan fingerprint density at radius 3 is 2.69 bits per heavy atom. The summed E-state index contributed by atoms with van der Waals surface area (Å²) < 4.78 is 15.3. The fourth-order valence-corrected chi connectivity index (χ4v) is 3.86. The number of halogens is 1. The van der Waals surface area contributed by atoms with Crippen molar-refractivity contribution in [1.29, 1.82) is 0 Å². The molecule has 1 heterocycles. The van der Waals surface area contributed by atoms with Crippen LogP contribution < -0.4 is 17.0 Å². The van der Waals surface area contributed by atoms with Crippen LogP contribution in [0.4, 0.5) is 10.1 Å². The van der Waals surface area contributed by atoms with Crippen LogP contribution in [0.3, 0.4) is 0 Å². The van der Waals surface area contributed by atoms with Crippen LogP contribution in [0.5, 0.6) is 0 Å². The first-order valence-electron chi connectivity index (χ1n) is 9.73. The maximum Gasteiger partial charge on any atom is 0.272 e. The minimum Gasteiger partial charge on any atom is -0.404 e. The highest BCUT2D eigenvalue weighted by atomic mass is 19.1. The lowest BCUT2D eigenvalue weighted by molar-refractivity contribution is 0.628. The van der Waals surface area contributed by atoms with E-state index in [4.69, 9.17) is 18.0 Å². The van der Waals surface area contributed by atoms with Crippen molar-refractivity contribution in [2.45, 2.75) is 6.54 Å². The number of aromatic amines is 1. The number of allylic oxidation sites excluding steroid dienone is 1. The van der Waals surface area contributed by atoms with Crippen LogP contribution in [0.25, 0.3) is 32.0 Å². The van der Waals surface area contributed by atoms with E-state index < -0.39 is 5.82 Å². The van der Waals surface area contributed by atoms with Gasteiger partial charge in [-0.2, -0.15) is 5.10 Å². The van der Waals surface area contributed by atoms with Crippen molar-refractivity contribution in [1.82, 2.24) is 10.2 Å². The summed E-state index contributed by atoms with van der Waals surface area (Å²) in [5.74, 6) is -0.573. The number of aliphatic imine (C=N–C) groups is 1. The van der Waals surface area contributed by atoms with Crippen molar-refractivity contribution in [3.8, 4) is 0 Å². The molecule has 4 rings (SSSR count). The summed E-state index contributed by atoms with van der Waals surface area (Å²) in [6.45, 7) is 7.83. The number of aromatic nitrogens is 2. The van der Waals surface area contributed by atoms with Crippen molar-refractivity contribution >= 4 is 38.5 Å². The van der Waals surface area contributed by atoms with Crippen LogP contribution in [0.15, 0.2) is 64.5 Å². The number of fused-ring (bicyclic) bond motifs is 2. The van der Waals surface area contributed by atoms with E-state index in [9.17, 15) is 4.79 Å². The first-order chi connectivity index (χ1) is 15.5. The van der Waals surface area contributed by atoms with E-state index in [1.54, 1.807) is 42.5 Å². The van der Waals surface area contributed by atoms with Crippen LogP contribution in [0.2, 0.25) is 0 Å². The molecule has 3 aromatic carbocycles. The molecule has 0 radical (unpaired) electrons. The van der Waals surface area contributed by atoms with Gasteiger partial charge in [0.1, 0.15) is 5.82 Å². The first-order valence-corrected chi connectivity index (χ1v) is 9.73. The number of hydrogen-bond donors (Lipinski definition) is 3. The average Bonchev–Trinajstić information content (AvgIpc) is 2.82. The summed E-state index contributed by atoms with van der Waals surface area (Å²) in [7, 11) is 1.51. The fraction of sp³-hybridized carbons (Fsp3) is 0.0833. The molecule has 0 saturated carbocycles. The predicted octanol–water partition coefficient (Wildman–Crippen LogP) is 3.64. The Balaban J connectivity index is 1.97. The zero-order chi connectivity index (χ0) is 22.8. The molecular formula is C24H19FN6O. The molecule has 8 heteroatoms. The molecule has 0 bridgehead atoms. The molecule has 0 amide bonds. The number of rotatable bonds is 4. The van der Waals surface area contributed by atoms with Gasteiger partial charge in [-0.1, -0.05) is 30.3 Å². The molecular weight excluding hydrogens is 407 g/mol. The zero-order valence-electron chi connectivity index (χ0n) is 17.2. The Kier molecular flexibility index (Phi) is 5.50. The quantitative estimate of drug-likeness (QED) is 0.341.